The molecule has 0 unspecified atom stereocenters. The Balaban J connectivity index is 2.45. The van der Waals surface area contributed by atoms with Gasteiger partial charge in [0.05, 0.1) is 25.0 Å². The van der Waals surface area contributed by atoms with Crippen molar-refractivity contribution < 1.29 is 33.8 Å². The van der Waals surface area contributed by atoms with E-state index >= 15 is 0 Å². The molecule has 1 fully saturated rings. The summed E-state index contributed by atoms with van der Waals surface area (Å²) in [5.74, 6) is -1.84. The van der Waals surface area contributed by atoms with Gasteiger partial charge < -0.3 is 30.7 Å². The number of fused-ring (bicyclic) bond motifs is 7. The smallest absolute Gasteiger partial charge is 0.309 e. The molecule has 0 radical (unpaired) electrons. The summed E-state index contributed by atoms with van der Waals surface area (Å²) >= 11 is 0. The summed E-state index contributed by atoms with van der Waals surface area (Å²) in [5, 5.41) is 18.9. The number of nitrogens with zero attached hydrogens (tertiary/aromatic N) is 1. The average molecular weight is 559 g/mol. The molecule has 2 bridgehead atoms. The lowest BCUT2D eigenvalue weighted by molar-refractivity contribution is -0.151. The fourth-order valence-electron chi connectivity index (χ4n) is 3.83. The maximum Gasteiger partial charge on any atom is 0.309 e. The van der Waals surface area contributed by atoms with Gasteiger partial charge in [-0.25, -0.2) is 0 Å². The van der Waals surface area contributed by atoms with Crippen LogP contribution in [0.25, 0.3) is 0 Å². The molecule has 11 nitrogen and oxygen atoms in total. The first-order valence-corrected chi connectivity index (χ1v) is 14.9. The Morgan fingerprint density at radius 2 is 1.84 bits per heavy atom. The lowest BCUT2D eigenvalue weighted by atomic mass is 9.96. The molecule has 2 aliphatic heterocycles. The quantitative estimate of drug-likeness (QED) is 0.218. The first kappa shape index (κ1) is 31.0. The minimum Gasteiger partial charge on any atom is -0.457 e. The Morgan fingerprint density at radius 1 is 1.11 bits per heavy atom. The highest BCUT2D eigenvalue weighted by atomic mass is 33.1. The van der Waals surface area contributed by atoms with Crippen LogP contribution in [0.1, 0.15) is 46.0 Å². The second-order valence-corrected chi connectivity index (χ2v) is 12.2. The van der Waals surface area contributed by atoms with Gasteiger partial charge in [-0.05, 0) is 24.8 Å². The summed E-state index contributed by atoms with van der Waals surface area (Å²) in [4.78, 5) is 65.6. The van der Waals surface area contributed by atoms with Crippen molar-refractivity contribution in [3.05, 3.63) is 12.2 Å². The Bertz CT molecular complexity index is 868. The number of hydrogen-bond donors (Lipinski definition) is 4. The third-order valence-electron chi connectivity index (χ3n) is 5.95. The Hall–Kier alpha value is -2.25. The van der Waals surface area contributed by atoms with Gasteiger partial charge in [-0.2, -0.15) is 0 Å². The van der Waals surface area contributed by atoms with E-state index in [0.717, 1.165) is 0 Å². The third kappa shape index (κ3) is 10.6. The lowest BCUT2D eigenvalue weighted by Gasteiger charge is -2.29. The molecule has 1 saturated heterocycles. The van der Waals surface area contributed by atoms with Gasteiger partial charge in [0.2, 0.25) is 23.6 Å². The van der Waals surface area contributed by atoms with Gasteiger partial charge in [0.1, 0.15) is 18.2 Å². The number of esters is 1. The first-order chi connectivity index (χ1) is 17.5. The van der Waals surface area contributed by atoms with Gasteiger partial charge in [-0.1, -0.05) is 41.5 Å². The zero-order chi connectivity index (χ0) is 27.5. The number of nitrogens with one attached hydrogen (secondary N) is 3. The molecule has 2 aliphatic rings. The van der Waals surface area contributed by atoms with Gasteiger partial charge >= 0.3 is 5.97 Å². The van der Waals surface area contributed by atoms with E-state index in [0.29, 0.717) is 12.2 Å². The van der Waals surface area contributed by atoms with E-state index in [-0.39, 0.29) is 43.3 Å². The van der Waals surface area contributed by atoms with Crippen molar-refractivity contribution in [3.63, 3.8) is 0 Å². The molecule has 0 spiro atoms. The number of hydrogen-bond acceptors (Lipinski definition) is 9. The topological polar surface area (TPSA) is 154 Å². The summed E-state index contributed by atoms with van der Waals surface area (Å²) in [6.45, 7) is 3.60. The van der Waals surface area contributed by atoms with Crippen molar-refractivity contribution >= 4 is 51.2 Å². The van der Waals surface area contributed by atoms with E-state index in [1.165, 1.54) is 26.5 Å². The van der Waals surface area contributed by atoms with E-state index in [1.807, 2.05) is 6.08 Å². The molecule has 0 saturated carbocycles. The van der Waals surface area contributed by atoms with Crippen LogP contribution in [0.4, 0.5) is 0 Å². The standard InChI is InChI=1S/C24H38N4O7S2/c1-14(2)22-18(29)12-21(32)35-15-7-5-6-10-36-37-13-17(24(34)27-22)26-23(33)16(25-19(30)11-15)8-9-20(31)28(3)4/h5,7,14-18,22,29H,6,8-13H2,1-4H3,(H,25,30)(H,26,33)(H,27,34)/b7-5+/t15-,16-,17-,18+,22-/m1/s1. The second-order valence-electron chi connectivity index (χ2n) is 9.61. The predicted molar refractivity (Wildman–Crippen MR) is 142 cm³/mol. The highest BCUT2D eigenvalue weighted by Crippen LogP contribution is 2.24. The van der Waals surface area contributed by atoms with E-state index in [2.05, 4.69) is 16.0 Å². The van der Waals surface area contributed by atoms with Crippen molar-refractivity contribution in [3.8, 4) is 0 Å². The van der Waals surface area contributed by atoms with E-state index < -0.39 is 54.0 Å². The largest absolute Gasteiger partial charge is 0.457 e. The van der Waals surface area contributed by atoms with Gasteiger partial charge in [-0.15, -0.1) is 0 Å². The average Bonchev–Trinajstić information content (AvgIpc) is 2.81. The highest BCUT2D eigenvalue weighted by molar-refractivity contribution is 8.76. The molecule has 0 aromatic heterocycles. The molecule has 13 heteroatoms. The van der Waals surface area contributed by atoms with Crippen LogP contribution in [0.2, 0.25) is 0 Å². The SMILES string of the molecule is CC(C)[C@H]1NC(=O)[C@H]2CSSCC/C=C/[C@H](CC(=O)N[C@H](CCC(=O)N(C)C)C(=O)N2)OC(=O)C[C@@H]1O. The van der Waals surface area contributed by atoms with Crippen LogP contribution in [0.3, 0.4) is 0 Å². The molecule has 4 amide bonds. The molecule has 0 aromatic rings. The van der Waals surface area contributed by atoms with Crippen LogP contribution >= 0.6 is 21.6 Å². The Morgan fingerprint density at radius 3 is 2.51 bits per heavy atom. The van der Waals surface area contributed by atoms with Crippen molar-refractivity contribution in [2.45, 2.75) is 76.3 Å². The molecule has 4 N–H and O–H groups in total. The first-order valence-electron chi connectivity index (χ1n) is 12.4. The summed E-state index contributed by atoms with van der Waals surface area (Å²) in [5.41, 5.74) is 0. The number of rotatable bonds is 4. The Kier molecular flexibility index (Phi) is 12.7. The fraction of sp³-hybridized carbons (Fsp3) is 0.708. The number of amides is 4. The van der Waals surface area contributed by atoms with Crippen LogP contribution in [0.15, 0.2) is 12.2 Å². The van der Waals surface area contributed by atoms with Gasteiger partial charge in [0.15, 0.2) is 0 Å². The molecular weight excluding hydrogens is 520 g/mol. The van der Waals surface area contributed by atoms with E-state index in [9.17, 15) is 29.1 Å². The van der Waals surface area contributed by atoms with Gasteiger partial charge in [-0.3, -0.25) is 24.0 Å². The molecule has 0 aliphatic carbocycles. The van der Waals surface area contributed by atoms with Crippen LogP contribution in [-0.2, 0) is 28.7 Å². The lowest BCUT2D eigenvalue weighted by Crippen LogP contribution is -2.58. The highest BCUT2D eigenvalue weighted by Gasteiger charge is 2.33. The summed E-state index contributed by atoms with van der Waals surface area (Å²) in [6, 6.07) is -2.81. The van der Waals surface area contributed by atoms with Crippen LogP contribution < -0.4 is 16.0 Å². The number of ether oxygens (including phenoxy) is 1. The zero-order valence-corrected chi connectivity index (χ0v) is 23.4. The third-order valence-corrected chi connectivity index (χ3v) is 8.40. The molecule has 208 valence electrons. The summed E-state index contributed by atoms with van der Waals surface area (Å²) < 4.78 is 5.50. The molecule has 0 aromatic carbocycles. The molecule has 2 rings (SSSR count). The number of carbonyl (C=O) groups excluding carboxylic acids is 5. The van der Waals surface area contributed by atoms with Crippen molar-refractivity contribution in [2.75, 3.05) is 25.6 Å². The van der Waals surface area contributed by atoms with Crippen LogP contribution in [0.5, 0.6) is 0 Å². The minimum atomic E-state index is -1.23. The van der Waals surface area contributed by atoms with E-state index in [4.69, 9.17) is 4.74 Å². The van der Waals surface area contributed by atoms with Gasteiger partial charge in [0.25, 0.3) is 0 Å². The summed E-state index contributed by atoms with van der Waals surface area (Å²) in [6.07, 6.45) is 1.39. The monoisotopic (exact) mass is 558 g/mol. The number of carbonyl (C=O) groups is 5. The molecule has 5 atom stereocenters. The van der Waals surface area contributed by atoms with Gasteiger partial charge in [0, 0.05) is 32.0 Å². The van der Waals surface area contributed by atoms with Crippen LogP contribution in [0, 0.1) is 5.92 Å². The number of allylic oxidation sites excluding steroid dienone is 1. The maximum absolute atomic E-state index is 13.3. The second kappa shape index (κ2) is 15.2. The summed E-state index contributed by atoms with van der Waals surface area (Å²) in [7, 11) is 6.14. The van der Waals surface area contributed by atoms with Crippen molar-refractivity contribution in [1.29, 1.82) is 0 Å². The molecule has 37 heavy (non-hydrogen) atoms. The van der Waals surface area contributed by atoms with Crippen LogP contribution in [-0.4, -0.2) is 95.5 Å². The number of aliphatic hydroxyl groups is 1. The predicted octanol–water partition coefficient (Wildman–Crippen LogP) is 0.373. The Labute approximate surface area is 225 Å². The number of aliphatic hydroxyl groups excluding tert-OH is 1. The van der Waals surface area contributed by atoms with E-state index in [1.54, 1.807) is 34.0 Å². The zero-order valence-electron chi connectivity index (χ0n) is 21.7. The normalized spacial score (nSPS) is 29.5. The molecule has 2 heterocycles. The minimum absolute atomic E-state index is 0.00671. The van der Waals surface area contributed by atoms with Crippen molar-refractivity contribution in [1.82, 2.24) is 20.9 Å². The van der Waals surface area contributed by atoms with Crippen molar-refractivity contribution in [2.24, 2.45) is 5.92 Å². The maximum atomic E-state index is 13.3. The fourth-order valence-corrected chi connectivity index (χ4v) is 5.98. The molecular formula is C24H38N4O7S2.